The second-order valence-corrected chi connectivity index (χ2v) is 5.99. The number of nitrogens with one attached hydrogen (secondary N) is 1. The number of hydrogen-bond acceptors (Lipinski definition) is 3. The normalized spacial score (nSPS) is 10.2. The molecule has 0 aromatic heterocycles. The Bertz CT molecular complexity index is 734. The summed E-state index contributed by atoms with van der Waals surface area (Å²) in [5, 5.41) is 13.4. The van der Waals surface area contributed by atoms with Gasteiger partial charge in [0.25, 0.3) is 11.6 Å². The highest BCUT2D eigenvalue weighted by molar-refractivity contribution is 14.1. The van der Waals surface area contributed by atoms with Gasteiger partial charge in [0.05, 0.1) is 4.92 Å². The SMILES string of the molecule is Cc1cc(I)ccc1NC(=O)c1ccc([N+](=O)[O-])c(Cl)c1. The van der Waals surface area contributed by atoms with Crippen molar-refractivity contribution in [2.45, 2.75) is 6.92 Å². The molecule has 0 unspecified atom stereocenters. The Balaban J connectivity index is 2.24. The van der Waals surface area contributed by atoms with E-state index in [0.29, 0.717) is 5.69 Å². The molecule has 108 valence electrons. The van der Waals surface area contributed by atoms with Crippen LogP contribution >= 0.6 is 34.2 Å². The molecule has 0 aliphatic rings. The summed E-state index contributed by atoms with van der Waals surface area (Å²) in [5.41, 5.74) is 1.67. The first-order chi connectivity index (χ1) is 9.88. The van der Waals surface area contributed by atoms with Gasteiger partial charge >= 0.3 is 0 Å². The third-order valence-electron chi connectivity index (χ3n) is 2.84. The fourth-order valence-corrected chi connectivity index (χ4v) is 2.65. The Morgan fingerprint density at radius 1 is 1.29 bits per heavy atom. The lowest BCUT2D eigenvalue weighted by Gasteiger charge is -2.09. The van der Waals surface area contributed by atoms with Gasteiger partial charge in [0.1, 0.15) is 5.02 Å². The van der Waals surface area contributed by atoms with E-state index >= 15 is 0 Å². The number of benzene rings is 2. The zero-order valence-corrected chi connectivity index (χ0v) is 13.8. The maximum absolute atomic E-state index is 12.1. The summed E-state index contributed by atoms with van der Waals surface area (Å²) in [5.74, 6) is -0.365. The molecule has 7 heteroatoms. The van der Waals surface area contributed by atoms with Gasteiger partial charge in [-0.2, -0.15) is 0 Å². The average Bonchev–Trinajstić information content (AvgIpc) is 2.41. The van der Waals surface area contributed by atoms with E-state index < -0.39 is 4.92 Å². The van der Waals surface area contributed by atoms with E-state index in [1.54, 1.807) is 0 Å². The molecule has 5 nitrogen and oxygen atoms in total. The maximum Gasteiger partial charge on any atom is 0.287 e. The molecule has 0 fully saturated rings. The lowest BCUT2D eigenvalue weighted by molar-refractivity contribution is -0.384. The van der Waals surface area contributed by atoms with Gasteiger partial charge in [0.2, 0.25) is 0 Å². The monoisotopic (exact) mass is 416 g/mol. The summed E-state index contributed by atoms with van der Waals surface area (Å²) in [7, 11) is 0. The van der Waals surface area contributed by atoms with Crippen molar-refractivity contribution in [3.8, 4) is 0 Å². The number of carbonyl (C=O) groups excluding carboxylic acids is 1. The van der Waals surface area contributed by atoms with Crippen LogP contribution in [0.2, 0.25) is 5.02 Å². The number of nitrogens with zero attached hydrogens (tertiary/aromatic N) is 1. The summed E-state index contributed by atoms with van der Waals surface area (Å²) in [6.07, 6.45) is 0. The summed E-state index contributed by atoms with van der Waals surface area (Å²) in [6, 6.07) is 9.52. The molecular weight excluding hydrogens is 407 g/mol. The fraction of sp³-hybridized carbons (Fsp3) is 0.0714. The van der Waals surface area contributed by atoms with E-state index in [1.165, 1.54) is 18.2 Å². The van der Waals surface area contributed by atoms with Crippen LogP contribution in [-0.4, -0.2) is 10.8 Å². The van der Waals surface area contributed by atoms with Crippen molar-refractivity contribution in [2.24, 2.45) is 0 Å². The van der Waals surface area contributed by atoms with Crippen molar-refractivity contribution in [3.05, 3.63) is 66.2 Å². The van der Waals surface area contributed by atoms with Crippen LogP contribution in [0.15, 0.2) is 36.4 Å². The summed E-state index contributed by atoms with van der Waals surface area (Å²) in [6.45, 7) is 1.89. The quantitative estimate of drug-likeness (QED) is 0.457. The van der Waals surface area contributed by atoms with E-state index in [-0.39, 0.29) is 22.2 Å². The first kappa shape index (κ1) is 15.7. The average molecular weight is 417 g/mol. The predicted molar refractivity (Wildman–Crippen MR) is 90.0 cm³/mol. The van der Waals surface area contributed by atoms with E-state index in [4.69, 9.17) is 11.6 Å². The standard InChI is InChI=1S/C14H10ClIN2O3/c1-8-6-10(16)3-4-12(8)17-14(19)9-2-5-13(18(20)21)11(15)7-9/h2-7H,1H3,(H,17,19). The van der Waals surface area contributed by atoms with E-state index in [0.717, 1.165) is 9.13 Å². The van der Waals surface area contributed by atoms with Gasteiger partial charge in [0, 0.05) is 20.9 Å². The van der Waals surface area contributed by atoms with Gasteiger partial charge in [-0.3, -0.25) is 14.9 Å². The number of hydrogen-bond donors (Lipinski definition) is 1. The predicted octanol–water partition coefficient (Wildman–Crippen LogP) is 4.41. The molecule has 1 N–H and O–H groups in total. The van der Waals surface area contributed by atoms with Crippen molar-refractivity contribution >= 4 is 51.5 Å². The molecule has 0 radical (unpaired) electrons. The van der Waals surface area contributed by atoms with Gasteiger partial charge in [-0.15, -0.1) is 0 Å². The van der Waals surface area contributed by atoms with Crippen LogP contribution in [-0.2, 0) is 0 Å². The summed E-state index contributed by atoms with van der Waals surface area (Å²) < 4.78 is 1.07. The number of anilines is 1. The van der Waals surface area contributed by atoms with Crippen molar-refractivity contribution in [1.82, 2.24) is 0 Å². The minimum Gasteiger partial charge on any atom is -0.322 e. The number of nitro groups is 1. The van der Waals surface area contributed by atoms with Crippen LogP contribution in [0.4, 0.5) is 11.4 Å². The molecule has 1 amide bonds. The van der Waals surface area contributed by atoms with Gasteiger partial charge < -0.3 is 5.32 Å². The third-order valence-corrected chi connectivity index (χ3v) is 3.82. The molecule has 0 heterocycles. The minimum atomic E-state index is -0.590. The zero-order chi connectivity index (χ0) is 15.6. The van der Waals surface area contributed by atoms with Crippen molar-refractivity contribution < 1.29 is 9.72 Å². The molecule has 0 aliphatic carbocycles. The molecule has 0 saturated carbocycles. The van der Waals surface area contributed by atoms with Gasteiger partial charge in [0.15, 0.2) is 0 Å². The molecule has 0 spiro atoms. The third kappa shape index (κ3) is 3.70. The number of nitro benzene ring substituents is 1. The highest BCUT2D eigenvalue weighted by Crippen LogP contribution is 2.26. The van der Waals surface area contributed by atoms with E-state index in [9.17, 15) is 14.9 Å². The maximum atomic E-state index is 12.1. The van der Waals surface area contributed by atoms with Crippen molar-refractivity contribution in [3.63, 3.8) is 0 Å². The Labute approximate surface area is 139 Å². The zero-order valence-electron chi connectivity index (χ0n) is 10.9. The Hall–Kier alpha value is -1.67. The minimum absolute atomic E-state index is 0.0630. The van der Waals surface area contributed by atoms with Crippen LogP contribution in [0.25, 0.3) is 0 Å². The molecule has 2 rings (SSSR count). The molecule has 0 bridgehead atoms. The van der Waals surface area contributed by atoms with Crippen LogP contribution in [0.5, 0.6) is 0 Å². The smallest absolute Gasteiger partial charge is 0.287 e. The molecule has 21 heavy (non-hydrogen) atoms. The molecule has 0 saturated heterocycles. The number of halogens is 2. The summed E-state index contributed by atoms with van der Waals surface area (Å²) in [4.78, 5) is 22.2. The number of amides is 1. The summed E-state index contributed by atoms with van der Waals surface area (Å²) >= 11 is 7.99. The molecule has 2 aromatic carbocycles. The molecule has 2 aromatic rings. The van der Waals surface area contributed by atoms with Crippen molar-refractivity contribution in [1.29, 1.82) is 0 Å². The first-order valence-electron chi connectivity index (χ1n) is 5.90. The lowest BCUT2D eigenvalue weighted by atomic mass is 10.1. The molecular formula is C14H10ClIN2O3. The highest BCUT2D eigenvalue weighted by atomic mass is 127. The molecule has 0 aliphatic heterocycles. The highest BCUT2D eigenvalue weighted by Gasteiger charge is 2.15. The molecule has 0 atom stereocenters. The second-order valence-electron chi connectivity index (χ2n) is 4.34. The largest absolute Gasteiger partial charge is 0.322 e. The number of carbonyl (C=O) groups is 1. The second kappa shape index (κ2) is 6.40. The van der Waals surface area contributed by atoms with Crippen LogP contribution in [0, 0.1) is 20.6 Å². The van der Waals surface area contributed by atoms with E-state index in [2.05, 4.69) is 27.9 Å². The van der Waals surface area contributed by atoms with Gasteiger partial charge in [-0.05, 0) is 65.4 Å². The number of rotatable bonds is 3. The van der Waals surface area contributed by atoms with Gasteiger partial charge in [-0.25, -0.2) is 0 Å². The number of aryl methyl sites for hydroxylation is 1. The Morgan fingerprint density at radius 3 is 2.57 bits per heavy atom. The Morgan fingerprint density at radius 2 is 2.00 bits per heavy atom. The Kier molecular flexibility index (Phi) is 4.79. The van der Waals surface area contributed by atoms with Crippen LogP contribution < -0.4 is 5.32 Å². The van der Waals surface area contributed by atoms with Gasteiger partial charge in [-0.1, -0.05) is 11.6 Å². The van der Waals surface area contributed by atoms with Crippen LogP contribution in [0.1, 0.15) is 15.9 Å². The fourth-order valence-electron chi connectivity index (χ4n) is 1.76. The topological polar surface area (TPSA) is 72.2 Å². The van der Waals surface area contributed by atoms with Crippen LogP contribution in [0.3, 0.4) is 0 Å². The first-order valence-corrected chi connectivity index (χ1v) is 7.35. The lowest BCUT2D eigenvalue weighted by Crippen LogP contribution is -2.13. The van der Waals surface area contributed by atoms with Crippen molar-refractivity contribution in [2.75, 3.05) is 5.32 Å². The van der Waals surface area contributed by atoms with E-state index in [1.807, 2.05) is 25.1 Å².